The molecule has 0 bridgehead atoms. The third-order valence-corrected chi connectivity index (χ3v) is 3.22. The molecule has 0 aromatic carbocycles. The Balaban J connectivity index is 2.96. The van der Waals surface area contributed by atoms with Gasteiger partial charge in [0.2, 0.25) is 0 Å². The lowest BCUT2D eigenvalue weighted by atomic mass is 10.3. The molecule has 15 heavy (non-hydrogen) atoms. The molecule has 0 aliphatic carbocycles. The SMILES string of the molecule is CCC(C)Sc1nnccc1/C(N)=N/O. The van der Waals surface area contributed by atoms with Crippen molar-refractivity contribution in [1.82, 2.24) is 10.2 Å². The van der Waals surface area contributed by atoms with Crippen molar-refractivity contribution in [3.8, 4) is 0 Å². The number of amidine groups is 1. The van der Waals surface area contributed by atoms with Gasteiger partial charge in [0.15, 0.2) is 5.84 Å². The summed E-state index contributed by atoms with van der Waals surface area (Å²) < 4.78 is 0. The Labute approximate surface area is 92.8 Å². The molecule has 1 unspecified atom stereocenters. The van der Waals surface area contributed by atoms with Crippen LogP contribution in [-0.2, 0) is 0 Å². The van der Waals surface area contributed by atoms with Gasteiger partial charge in [-0.2, -0.15) is 5.10 Å². The molecule has 1 rings (SSSR count). The maximum Gasteiger partial charge on any atom is 0.172 e. The van der Waals surface area contributed by atoms with Gasteiger partial charge in [-0.1, -0.05) is 19.0 Å². The molecule has 0 fully saturated rings. The molecule has 0 aliphatic heterocycles. The van der Waals surface area contributed by atoms with E-state index in [2.05, 4.69) is 29.2 Å². The lowest BCUT2D eigenvalue weighted by Gasteiger charge is -2.09. The van der Waals surface area contributed by atoms with Crippen LogP contribution in [0.3, 0.4) is 0 Å². The Hall–Kier alpha value is -1.30. The van der Waals surface area contributed by atoms with Gasteiger partial charge in [-0.25, -0.2) is 0 Å². The monoisotopic (exact) mass is 226 g/mol. The summed E-state index contributed by atoms with van der Waals surface area (Å²) in [5.74, 6) is 0.0655. The highest BCUT2D eigenvalue weighted by atomic mass is 32.2. The second kappa shape index (κ2) is 5.55. The summed E-state index contributed by atoms with van der Waals surface area (Å²) >= 11 is 1.57. The van der Waals surface area contributed by atoms with Gasteiger partial charge in [-0.05, 0) is 12.5 Å². The molecular formula is C9H14N4OS. The summed E-state index contributed by atoms with van der Waals surface area (Å²) in [6.07, 6.45) is 2.55. The molecule has 0 spiro atoms. The van der Waals surface area contributed by atoms with E-state index in [1.165, 1.54) is 6.20 Å². The number of nitrogens with zero attached hydrogens (tertiary/aromatic N) is 3. The van der Waals surface area contributed by atoms with Crippen LogP contribution in [0, 0.1) is 0 Å². The van der Waals surface area contributed by atoms with E-state index >= 15 is 0 Å². The van der Waals surface area contributed by atoms with Crippen molar-refractivity contribution < 1.29 is 5.21 Å². The maximum atomic E-state index is 8.61. The van der Waals surface area contributed by atoms with Gasteiger partial charge in [-0.3, -0.25) is 0 Å². The summed E-state index contributed by atoms with van der Waals surface area (Å²) in [5.41, 5.74) is 6.15. The van der Waals surface area contributed by atoms with E-state index in [4.69, 9.17) is 10.9 Å². The standard InChI is InChI=1S/C9H14N4OS/c1-3-6(2)15-9-7(8(10)13-14)4-5-11-12-9/h4-6,14H,3H2,1-2H3,(H2,10,13). The minimum atomic E-state index is 0.0655. The highest BCUT2D eigenvalue weighted by Gasteiger charge is 2.11. The fourth-order valence-electron chi connectivity index (χ4n) is 0.929. The highest BCUT2D eigenvalue weighted by Crippen LogP contribution is 2.25. The van der Waals surface area contributed by atoms with Crippen LogP contribution in [0.15, 0.2) is 22.4 Å². The lowest BCUT2D eigenvalue weighted by molar-refractivity contribution is 0.318. The Morgan fingerprint density at radius 3 is 3.07 bits per heavy atom. The molecule has 5 nitrogen and oxygen atoms in total. The van der Waals surface area contributed by atoms with Crippen LogP contribution in [0.1, 0.15) is 25.8 Å². The van der Waals surface area contributed by atoms with Crippen molar-refractivity contribution in [2.75, 3.05) is 0 Å². The van der Waals surface area contributed by atoms with Gasteiger partial charge in [0.1, 0.15) is 5.03 Å². The molecule has 0 radical (unpaired) electrons. The van der Waals surface area contributed by atoms with Crippen molar-refractivity contribution in [2.45, 2.75) is 30.5 Å². The topological polar surface area (TPSA) is 84.4 Å². The zero-order valence-electron chi connectivity index (χ0n) is 8.71. The van der Waals surface area contributed by atoms with Crippen molar-refractivity contribution >= 4 is 17.6 Å². The quantitative estimate of drug-likeness (QED) is 0.267. The fraction of sp³-hybridized carbons (Fsp3) is 0.444. The average Bonchev–Trinajstić information content (AvgIpc) is 2.28. The van der Waals surface area contributed by atoms with Crippen molar-refractivity contribution in [2.24, 2.45) is 10.9 Å². The Morgan fingerprint density at radius 2 is 2.47 bits per heavy atom. The normalized spacial score (nSPS) is 13.9. The number of thioether (sulfide) groups is 1. The summed E-state index contributed by atoms with van der Waals surface area (Å²) in [6.45, 7) is 4.19. The van der Waals surface area contributed by atoms with Crippen LogP contribution < -0.4 is 5.73 Å². The van der Waals surface area contributed by atoms with E-state index in [9.17, 15) is 0 Å². The Morgan fingerprint density at radius 1 is 1.73 bits per heavy atom. The smallest absolute Gasteiger partial charge is 0.172 e. The molecule has 1 aromatic rings. The molecule has 0 amide bonds. The second-order valence-corrected chi connectivity index (χ2v) is 4.50. The summed E-state index contributed by atoms with van der Waals surface area (Å²) in [5, 5.41) is 20.5. The third-order valence-electron chi connectivity index (χ3n) is 1.96. The average molecular weight is 226 g/mol. The molecule has 0 saturated heterocycles. The molecule has 1 aromatic heterocycles. The van der Waals surface area contributed by atoms with Crippen molar-refractivity contribution in [1.29, 1.82) is 0 Å². The van der Waals surface area contributed by atoms with E-state index in [0.29, 0.717) is 15.8 Å². The number of nitrogens with two attached hydrogens (primary N) is 1. The number of aromatic nitrogens is 2. The largest absolute Gasteiger partial charge is 0.409 e. The molecular weight excluding hydrogens is 212 g/mol. The van der Waals surface area contributed by atoms with Crippen LogP contribution in [-0.4, -0.2) is 26.5 Å². The summed E-state index contributed by atoms with van der Waals surface area (Å²) in [6, 6.07) is 1.69. The first kappa shape index (κ1) is 11.8. The van der Waals surface area contributed by atoms with E-state index in [1.54, 1.807) is 17.8 Å². The van der Waals surface area contributed by atoms with Crippen molar-refractivity contribution in [3.63, 3.8) is 0 Å². The molecule has 3 N–H and O–H groups in total. The Bertz CT molecular complexity index is 356. The van der Waals surface area contributed by atoms with Crippen LogP contribution >= 0.6 is 11.8 Å². The number of hydrogen-bond acceptors (Lipinski definition) is 5. The molecule has 1 heterocycles. The summed E-state index contributed by atoms with van der Waals surface area (Å²) in [4.78, 5) is 0. The van der Waals surface area contributed by atoms with E-state index in [-0.39, 0.29) is 5.84 Å². The molecule has 1 atom stereocenters. The molecule has 0 saturated carbocycles. The van der Waals surface area contributed by atoms with E-state index < -0.39 is 0 Å². The van der Waals surface area contributed by atoms with E-state index in [0.717, 1.165) is 6.42 Å². The van der Waals surface area contributed by atoms with Gasteiger partial charge in [0, 0.05) is 5.25 Å². The first-order valence-electron chi connectivity index (χ1n) is 4.65. The maximum absolute atomic E-state index is 8.61. The fourth-order valence-corrected chi connectivity index (χ4v) is 1.87. The van der Waals surface area contributed by atoms with Gasteiger partial charge in [0.05, 0.1) is 11.8 Å². The third kappa shape index (κ3) is 3.09. The zero-order valence-corrected chi connectivity index (χ0v) is 9.53. The molecule has 82 valence electrons. The first-order valence-corrected chi connectivity index (χ1v) is 5.53. The lowest BCUT2D eigenvalue weighted by Crippen LogP contribution is -2.15. The van der Waals surface area contributed by atoms with Crippen LogP contribution in [0.5, 0.6) is 0 Å². The Kier molecular flexibility index (Phi) is 4.36. The van der Waals surface area contributed by atoms with Gasteiger partial charge < -0.3 is 10.9 Å². The van der Waals surface area contributed by atoms with E-state index in [1.807, 2.05) is 0 Å². The summed E-state index contributed by atoms with van der Waals surface area (Å²) in [7, 11) is 0. The van der Waals surface area contributed by atoms with Crippen molar-refractivity contribution in [3.05, 3.63) is 17.8 Å². The first-order chi connectivity index (χ1) is 7.19. The highest BCUT2D eigenvalue weighted by molar-refractivity contribution is 7.99. The molecule has 6 heteroatoms. The van der Waals surface area contributed by atoms with Crippen LogP contribution in [0.25, 0.3) is 0 Å². The number of hydrogen-bond donors (Lipinski definition) is 2. The minimum absolute atomic E-state index is 0.0655. The molecule has 0 aliphatic rings. The van der Waals surface area contributed by atoms with Crippen LogP contribution in [0.4, 0.5) is 0 Å². The van der Waals surface area contributed by atoms with Gasteiger partial charge in [0.25, 0.3) is 0 Å². The number of oxime groups is 1. The van der Waals surface area contributed by atoms with Crippen LogP contribution in [0.2, 0.25) is 0 Å². The predicted octanol–water partition coefficient (Wildman–Crippen LogP) is 1.46. The predicted molar refractivity (Wildman–Crippen MR) is 60.2 cm³/mol. The zero-order chi connectivity index (χ0) is 11.3. The van der Waals surface area contributed by atoms with Gasteiger partial charge in [-0.15, -0.1) is 16.9 Å². The second-order valence-electron chi connectivity index (χ2n) is 3.07. The number of rotatable bonds is 4. The minimum Gasteiger partial charge on any atom is -0.409 e. The van der Waals surface area contributed by atoms with Gasteiger partial charge >= 0.3 is 0 Å².